The number of amides is 2. The Hall–Kier alpha value is -2.62. The van der Waals surface area contributed by atoms with Crippen molar-refractivity contribution in [3.63, 3.8) is 0 Å². The number of anilines is 1. The Morgan fingerprint density at radius 1 is 0.826 bits per heavy atom. The van der Waals surface area contributed by atoms with Crippen molar-refractivity contribution in [2.75, 3.05) is 11.9 Å². The summed E-state index contributed by atoms with van der Waals surface area (Å²) < 4.78 is 0. The molecule has 0 fully saturated rings. The van der Waals surface area contributed by atoms with Crippen LogP contribution in [0.15, 0.2) is 42.5 Å². The van der Waals surface area contributed by atoms with E-state index in [4.69, 9.17) is 0 Å². The lowest BCUT2D eigenvalue weighted by atomic mass is 10.1. The highest BCUT2D eigenvalue weighted by Gasteiger charge is 2.10. The molecule has 0 atom stereocenters. The van der Waals surface area contributed by atoms with Crippen molar-refractivity contribution in [3.05, 3.63) is 64.7 Å². The molecule has 0 aliphatic carbocycles. The van der Waals surface area contributed by atoms with Crippen LogP contribution in [0.4, 0.5) is 5.69 Å². The standard InChI is InChI=1S/C19H22N2O2/c1-13-7-4-5-10-16(13)11-17(22)20-12-18(23)21-19-14(2)8-6-9-15(19)3/h4-10H,11-12H2,1-3H3,(H,20,22)(H,21,23). The van der Waals surface area contributed by atoms with Gasteiger partial charge in [0.25, 0.3) is 0 Å². The van der Waals surface area contributed by atoms with Gasteiger partial charge < -0.3 is 10.6 Å². The number of benzene rings is 2. The minimum atomic E-state index is -0.222. The minimum Gasteiger partial charge on any atom is -0.347 e. The molecule has 2 aromatic rings. The zero-order chi connectivity index (χ0) is 16.8. The van der Waals surface area contributed by atoms with Crippen LogP contribution in [0.2, 0.25) is 0 Å². The van der Waals surface area contributed by atoms with Crippen molar-refractivity contribution >= 4 is 17.5 Å². The normalized spacial score (nSPS) is 10.2. The minimum absolute atomic E-state index is 0.0293. The largest absolute Gasteiger partial charge is 0.347 e. The van der Waals surface area contributed by atoms with Crippen molar-refractivity contribution in [2.24, 2.45) is 0 Å². The molecule has 2 amide bonds. The third-order valence-electron chi connectivity index (χ3n) is 3.80. The first kappa shape index (κ1) is 16.7. The van der Waals surface area contributed by atoms with Crippen LogP contribution in [0.25, 0.3) is 0 Å². The number of carbonyl (C=O) groups is 2. The fourth-order valence-electron chi connectivity index (χ4n) is 2.42. The van der Waals surface area contributed by atoms with Crippen molar-refractivity contribution < 1.29 is 9.59 Å². The molecule has 4 heteroatoms. The van der Waals surface area contributed by atoms with Gasteiger partial charge in [0.2, 0.25) is 11.8 Å². The van der Waals surface area contributed by atoms with E-state index in [2.05, 4.69) is 10.6 Å². The Kier molecular flexibility index (Phi) is 5.52. The fraction of sp³-hybridized carbons (Fsp3) is 0.263. The highest BCUT2D eigenvalue weighted by atomic mass is 16.2. The van der Waals surface area contributed by atoms with E-state index < -0.39 is 0 Å². The lowest BCUT2D eigenvalue weighted by Crippen LogP contribution is -2.34. The average Bonchev–Trinajstić information content (AvgIpc) is 2.51. The molecule has 0 heterocycles. The Bertz CT molecular complexity index is 703. The van der Waals surface area contributed by atoms with E-state index in [1.807, 2.05) is 63.2 Å². The van der Waals surface area contributed by atoms with Crippen molar-refractivity contribution in [1.82, 2.24) is 5.32 Å². The van der Waals surface area contributed by atoms with E-state index in [1.54, 1.807) is 0 Å². The third kappa shape index (κ3) is 4.68. The number of nitrogens with one attached hydrogen (secondary N) is 2. The predicted octanol–water partition coefficient (Wildman–Crippen LogP) is 2.91. The summed E-state index contributed by atoms with van der Waals surface area (Å²) in [7, 11) is 0. The number of para-hydroxylation sites is 1. The molecule has 23 heavy (non-hydrogen) atoms. The average molecular weight is 310 g/mol. The van der Waals surface area contributed by atoms with E-state index in [1.165, 1.54) is 0 Å². The molecule has 0 aromatic heterocycles. The molecule has 0 saturated heterocycles. The van der Waals surface area contributed by atoms with Gasteiger partial charge >= 0.3 is 0 Å². The zero-order valence-electron chi connectivity index (χ0n) is 13.8. The van der Waals surface area contributed by atoms with Gasteiger partial charge in [-0.25, -0.2) is 0 Å². The van der Waals surface area contributed by atoms with E-state index >= 15 is 0 Å². The second-order valence-electron chi connectivity index (χ2n) is 5.69. The maximum absolute atomic E-state index is 12.0. The summed E-state index contributed by atoms with van der Waals surface area (Å²) in [4.78, 5) is 24.0. The molecular weight excluding hydrogens is 288 g/mol. The first-order valence-electron chi connectivity index (χ1n) is 7.64. The number of rotatable bonds is 5. The second-order valence-corrected chi connectivity index (χ2v) is 5.69. The maximum Gasteiger partial charge on any atom is 0.243 e. The number of carbonyl (C=O) groups excluding carboxylic acids is 2. The Morgan fingerprint density at radius 2 is 1.43 bits per heavy atom. The summed E-state index contributed by atoms with van der Waals surface area (Å²) >= 11 is 0. The second kappa shape index (κ2) is 7.58. The molecule has 4 nitrogen and oxygen atoms in total. The molecule has 120 valence electrons. The van der Waals surface area contributed by atoms with Crippen LogP contribution in [0.1, 0.15) is 22.3 Å². The summed E-state index contributed by atoms with van der Waals surface area (Å²) in [5.41, 5.74) is 4.86. The maximum atomic E-state index is 12.0. The van der Waals surface area contributed by atoms with Crippen LogP contribution >= 0.6 is 0 Å². The van der Waals surface area contributed by atoms with Crippen LogP contribution in [0.3, 0.4) is 0 Å². The van der Waals surface area contributed by atoms with Crippen LogP contribution in [-0.2, 0) is 16.0 Å². The molecule has 2 aromatic carbocycles. The fourth-order valence-corrected chi connectivity index (χ4v) is 2.42. The SMILES string of the molecule is Cc1ccccc1CC(=O)NCC(=O)Nc1c(C)cccc1C. The van der Waals surface area contributed by atoms with E-state index in [9.17, 15) is 9.59 Å². The van der Waals surface area contributed by atoms with Crippen LogP contribution in [-0.4, -0.2) is 18.4 Å². The molecule has 0 bridgehead atoms. The highest BCUT2D eigenvalue weighted by Crippen LogP contribution is 2.19. The van der Waals surface area contributed by atoms with Crippen LogP contribution in [0, 0.1) is 20.8 Å². The first-order chi connectivity index (χ1) is 11.0. The summed E-state index contributed by atoms with van der Waals surface area (Å²) in [6.45, 7) is 5.83. The van der Waals surface area contributed by atoms with E-state index in [0.717, 1.165) is 27.9 Å². The molecule has 0 radical (unpaired) electrons. The van der Waals surface area contributed by atoms with Gasteiger partial charge in [-0.05, 0) is 43.0 Å². The third-order valence-corrected chi connectivity index (χ3v) is 3.80. The van der Waals surface area contributed by atoms with Gasteiger partial charge in [-0.2, -0.15) is 0 Å². The summed E-state index contributed by atoms with van der Waals surface area (Å²) in [5.74, 6) is -0.378. The molecule has 0 aliphatic rings. The number of hydrogen-bond acceptors (Lipinski definition) is 2. The van der Waals surface area contributed by atoms with Gasteiger partial charge in [-0.15, -0.1) is 0 Å². The predicted molar refractivity (Wildman–Crippen MR) is 92.4 cm³/mol. The van der Waals surface area contributed by atoms with Gasteiger partial charge in [0.15, 0.2) is 0 Å². The van der Waals surface area contributed by atoms with Gasteiger partial charge in [-0.1, -0.05) is 42.5 Å². The topological polar surface area (TPSA) is 58.2 Å². The quantitative estimate of drug-likeness (QED) is 0.892. The number of aryl methyl sites for hydroxylation is 3. The van der Waals surface area contributed by atoms with Gasteiger partial charge in [0.05, 0.1) is 13.0 Å². The van der Waals surface area contributed by atoms with Gasteiger partial charge in [-0.3, -0.25) is 9.59 Å². The van der Waals surface area contributed by atoms with Crippen molar-refractivity contribution in [3.8, 4) is 0 Å². The number of hydrogen-bond donors (Lipinski definition) is 2. The summed E-state index contributed by atoms with van der Waals surface area (Å²) in [6, 6.07) is 13.6. The molecular formula is C19H22N2O2. The first-order valence-corrected chi connectivity index (χ1v) is 7.64. The molecule has 2 rings (SSSR count). The van der Waals surface area contributed by atoms with Crippen LogP contribution in [0.5, 0.6) is 0 Å². The summed E-state index contributed by atoms with van der Waals surface area (Å²) in [5, 5.41) is 5.52. The van der Waals surface area contributed by atoms with Gasteiger partial charge in [0.1, 0.15) is 0 Å². The Labute approximate surface area is 136 Å². The molecule has 0 saturated carbocycles. The van der Waals surface area contributed by atoms with E-state index in [-0.39, 0.29) is 24.8 Å². The summed E-state index contributed by atoms with van der Waals surface area (Å²) in [6.07, 6.45) is 0.281. The highest BCUT2D eigenvalue weighted by molar-refractivity contribution is 5.95. The lowest BCUT2D eigenvalue weighted by molar-refractivity contribution is -0.123. The molecule has 2 N–H and O–H groups in total. The van der Waals surface area contributed by atoms with Crippen LogP contribution < -0.4 is 10.6 Å². The Morgan fingerprint density at radius 3 is 2.09 bits per heavy atom. The smallest absolute Gasteiger partial charge is 0.243 e. The molecule has 0 aliphatic heterocycles. The van der Waals surface area contributed by atoms with Gasteiger partial charge in [0, 0.05) is 5.69 Å². The lowest BCUT2D eigenvalue weighted by Gasteiger charge is -2.12. The van der Waals surface area contributed by atoms with E-state index in [0.29, 0.717) is 0 Å². The zero-order valence-corrected chi connectivity index (χ0v) is 13.8. The molecule has 0 spiro atoms. The van der Waals surface area contributed by atoms with Crippen molar-refractivity contribution in [1.29, 1.82) is 0 Å². The Balaban J connectivity index is 1.87. The van der Waals surface area contributed by atoms with Crippen molar-refractivity contribution in [2.45, 2.75) is 27.2 Å². The monoisotopic (exact) mass is 310 g/mol. The molecule has 0 unspecified atom stereocenters.